The van der Waals surface area contributed by atoms with E-state index in [1.807, 2.05) is 0 Å². The minimum absolute atomic E-state index is 0.123. The van der Waals surface area contributed by atoms with Gasteiger partial charge in [-0.3, -0.25) is 9.59 Å². The van der Waals surface area contributed by atoms with Crippen molar-refractivity contribution in [3.8, 4) is 0 Å². The highest BCUT2D eigenvalue weighted by Crippen LogP contribution is 2.31. The molecule has 0 saturated heterocycles. The van der Waals surface area contributed by atoms with Crippen LogP contribution in [0.4, 0.5) is 0 Å². The number of hydrogen-bond acceptors (Lipinski definition) is 2. The first-order valence-corrected chi connectivity index (χ1v) is 7.63. The first-order chi connectivity index (χ1) is 9.13. The van der Waals surface area contributed by atoms with Crippen LogP contribution >= 0.6 is 0 Å². The first-order valence-electron chi connectivity index (χ1n) is 7.63. The summed E-state index contributed by atoms with van der Waals surface area (Å²) in [4.78, 5) is 22.5. The normalized spacial score (nSPS) is 17.3. The van der Waals surface area contributed by atoms with Gasteiger partial charge in [-0.15, -0.1) is 0 Å². The van der Waals surface area contributed by atoms with Crippen LogP contribution in [0.15, 0.2) is 0 Å². The highest BCUT2D eigenvalue weighted by molar-refractivity contribution is 5.78. The van der Waals surface area contributed by atoms with E-state index in [0.717, 1.165) is 25.2 Å². The van der Waals surface area contributed by atoms with Gasteiger partial charge < -0.3 is 10.4 Å². The van der Waals surface area contributed by atoms with Gasteiger partial charge in [0.25, 0.3) is 0 Å². The number of rotatable bonds is 9. The molecule has 0 aliphatic heterocycles. The Hall–Kier alpha value is -1.06. The molecule has 1 unspecified atom stereocenters. The molecule has 0 spiro atoms. The van der Waals surface area contributed by atoms with Gasteiger partial charge in [0.2, 0.25) is 5.91 Å². The van der Waals surface area contributed by atoms with E-state index in [1.165, 1.54) is 25.7 Å². The van der Waals surface area contributed by atoms with Crippen molar-refractivity contribution >= 4 is 11.9 Å². The average Bonchev–Trinajstić information content (AvgIpc) is 2.86. The fourth-order valence-electron chi connectivity index (χ4n) is 2.95. The van der Waals surface area contributed by atoms with Crippen molar-refractivity contribution in [3.05, 3.63) is 0 Å². The maximum Gasteiger partial charge on any atom is 0.303 e. The molecule has 1 amide bonds. The summed E-state index contributed by atoms with van der Waals surface area (Å²) in [5, 5.41) is 11.4. The first kappa shape index (κ1) is 16.0. The van der Waals surface area contributed by atoms with E-state index < -0.39 is 5.97 Å². The molecule has 1 aliphatic carbocycles. The van der Waals surface area contributed by atoms with Crippen molar-refractivity contribution in [1.29, 1.82) is 0 Å². The molecule has 1 rings (SSSR count). The van der Waals surface area contributed by atoms with Crippen LogP contribution in [0.1, 0.15) is 64.7 Å². The van der Waals surface area contributed by atoms with Gasteiger partial charge in [-0.25, -0.2) is 0 Å². The van der Waals surface area contributed by atoms with Gasteiger partial charge in [0.05, 0.1) is 0 Å². The van der Waals surface area contributed by atoms with E-state index in [0.29, 0.717) is 13.0 Å². The second-order valence-electron chi connectivity index (χ2n) is 5.66. The molecule has 1 atom stereocenters. The van der Waals surface area contributed by atoms with E-state index in [2.05, 4.69) is 12.2 Å². The molecule has 1 saturated carbocycles. The number of carboxylic acid groups (broad SMARTS) is 1. The Morgan fingerprint density at radius 2 is 2.00 bits per heavy atom. The van der Waals surface area contributed by atoms with Crippen molar-refractivity contribution in [2.45, 2.75) is 64.7 Å². The Morgan fingerprint density at radius 1 is 1.32 bits per heavy atom. The second-order valence-corrected chi connectivity index (χ2v) is 5.66. The molecule has 2 N–H and O–H groups in total. The number of nitrogens with one attached hydrogen (secondary N) is 1. The summed E-state index contributed by atoms with van der Waals surface area (Å²) < 4.78 is 0. The second kappa shape index (κ2) is 8.94. The van der Waals surface area contributed by atoms with Gasteiger partial charge >= 0.3 is 5.97 Å². The molecular weight excluding hydrogens is 242 g/mol. The Bertz CT molecular complexity index is 285. The highest BCUT2D eigenvalue weighted by Gasteiger charge is 2.24. The van der Waals surface area contributed by atoms with Gasteiger partial charge in [0.1, 0.15) is 0 Å². The largest absolute Gasteiger partial charge is 0.481 e. The smallest absolute Gasteiger partial charge is 0.303 e. The van der Waals surface area contributed by atoms with E-state index in [1.54, 1.807) is 0 Å². The summed E-state index contributed by atoms with van der Waals surface area (Å²) in [6, 6.07) is 0. The van der Waals surface area contributed by atoms with Crippen LogP contribution in [-0.2, 0) is 9.59 Å². The summed E-state index contributed by atoms with van der Waals surface area (Å²) in [7, 11) is 0. The van der Waals surface area contributed by atoms with Crippen LogP contribution < -0.4 is 5.32 Å². The number of amides is 1. The van der Waals surface area contributed by atoms with E-state index in [9.17, 15) is 9.59 Å². The Labute approximate surface area is 116 Å². The summed E-state index contributed by atoms with van der Waals surface area (Å²) in [6.45, 7) is 2.59. The lowest BCUT2D eigenvalue weighted by atomic mass is 9.89. The van der Waals surface area contributed by atoms with E-state index in [-0.39, 0.29) is 18.2 Å². The third kappa shape index (κ3) is 6.60. The molecule has 0 heterocycles. The summed E-state index contributed by atoms with van der Waals surface area (Å²) >= 11 is 0. The third-order valence-corrected chi connectivity index (χ3v) is 3.97. The Morgan fingerprint density at radius 3 is 2.58 bits per heavy atom. The number of carbonyl (C=O) groups is 2. The summed E-state index contributed by atoms with van der Waals surface area (Å²) in [6.07, 6.45) is 8.79. The summed E-state index contributed by atoms with van der Waals surface area (Å²) in [5.41, 5.74) is 0. The lowest BCUT2D eigenvalue weighted by molar-refractivity contribution is -0.137. The molecular formula is C15H27NO3. The molecule has 1 fully saturated rings. The Kier molecular flexibility index (Phi) is 7.53. The SMILES string of the molecule is CCCC(CC1CCCC1)C(=O)NCCCC(=O)O. The molecule has 19 heavy (non-hydrogen) atoms. The van der Waals surface area contributed by atoms with Gasteiger partial charge in [0.15, 0.2) is 0 Å². The van der Waals surface area contributed by atoms with Crippen molar-refractivity contribution in [1.82, 2.24) is 5.32 Å². The zero-order chi connectivity index (χ0) is 14.1. The molecule has 0 aromatic carbocycles. The zero-order valence-corrected chi connectivity index (χ0v) is 12.0. The van der Waals surface area contributed by atoms with Crippen molar-refractivity contribution in [2.75, 3.05) is 6.54 Å². The lowest BCUT2D eigenvalue weighted by Crippen LogP contribution is -2.32. The van der Waals surface area contributed by atoms with Crippen LogP contribution in [0.5, 0.6) is 0 Å². The number of aliphatic carboxylic acids is 1. The maximum atomic E-state index is 12.1. The molecule has 0 bridgehead atoms. The maximum absolute atomic E-state index is 12.1. The zero-order valence-electron chi connectivity index (χ0n) is 12.0. The van der Waals surface area contributed by atoms with Crippen molar-refractivity contribution < 1.29 is 14.7 Å². The quantitative estimate of drug-likeness (QED) is 0.632. The van der Waals surface area contributed by atoms with Gasteiger partial charge in [-0.2, -0.15) is 0 Å². The van der Waals surface area contributed by atoms with Crippen LogP contribution in [-0.4, -0.2) is 23.5 Å². The predicted octanol–water partition coefficient (Wildman–Crippen LogP) is 2.96. The average molecular weight is 269 g/mol. The number of carbonyl (C=O) groups excluding carboxylic acids is 1. The van der Waals surface area contributed by atoms with Crippen molar-refractivity contribution in [3.63, 3.8) is 0 Å². The fraction of sp³-hybridized carbons (Fsp3) is 0.867. The van der Waals surface area contributed by atoms with Crippen LogP contribution in [0.2, 0.25) is 0 Å². The molecule has 0 aromatic rings. The molecule has 1 aliphatic rings. The number of carboxylic acids is 1. The lowest BCUT2D eigenvalue weighted by Gasteiger charge is -2.19. The van der Waals surface area contributed by atoms with Gasteiger partial charge in [-0.1, -0.05) is 39.0 Å². The third-order valence-electron chi connectivity index (χ3n) is 3.97. The standard InChI is InChI=1S/C15H27NO3/c1-2-6-13(11-12-7-3-4-8-12)15(19)16-10-5-9-14(17)18/h12-13H,2-11H2,1H3,(H,16,19)(H,17,18). The molecule has 4 nitrogen and oxygen atoms in total. The molecule has 0 radical (unpaired) electrons. The fourth-order valence-corrected chi connectivity index (χ4v) is 2.95. The van der Waals surface area contributed by atoms with Gasteiger partial charge in [-0.05, 0) is 25.2 Å². The summed E-state index contributed by atoms with van der Waals surface area (Å²) in [5.74, 6) is 0.170. The van der Waals surface area contributed by atoms with Crippen molar-refractivity contribution in [2.24, 2.45) is 11.8 Å². The molecule has 4 heteroatoms. The predicted molar refractivity (Wildman–Crippen MR) is 74.9 cm³/mol. The van der Waals surface area contributed by atoms with Gasteiger partial charge in [0, 0.05) is 18.9 Å². The number of hydrogen-bond donors (Lipinski definition) is 2. The minimum atomic E-state index is -0.801. The molecule has 110 valence electrons. The monoisotopic (exact) mass is 269 g/mol. The van der Waals surface area contributed by atoms with E-state index >= 15 is 0 Å². The topological polar surface area (TPSA) is 66.4 Å². The highest BCUT2D eigenvalue weighted by atomic mass is 16.4. The van der Waals surface area contributed by atoms with E-state index in [4.69, 9.17) is 5.11 Å². The van der Waals surface area contributed by atoms with Crippen LogP contribution in [0.3, 0.4) is 0 Å². The minimum Gasteiger partial charge on any atom is -0.481 e. The van der Waals surface area contributed by atoms with Crippen LogP contribution in [0.25, 0.3) is 0 Å². The Balaban J connectivity index is 2.28. The molecule has 0 aromatic heterocycles. The van der Waals surface area contributed by atoms with Crippen LogP contribution in [0, 0.1) is 11.8 Å².